The number of benzene rings is 2. The van der Waals surface area contributed by atoms with Crippen molar-refractivity contribution >= 4 is 29.3 Å². The van der Waals surface area contributed by atoms with Crippen LogP contribution in [0.25, 0.3) is 17.4 Å². The highest BCUT2D eigenvalue weighted by Gasteiger charge is 2.34. The lowest BCUT2D eigenvalue weighted by molar-refractivity contribution is -0.384. The van der Waals surface area contributed by atoms with Crippen molar-refractivity contribution in [3.63, 3.8) is 0 Å². The van der Waals surface area contributed by atoms with Gasteiger partial charge in [0.15, 0.2) is 0 Å². The summed E-state index contributed by atoms with van der Waals surface area (Å²) in [6, 6.07) is 12.7. The predicted octanol–water partition coefficient (Wildman–Crippen LogP) is 3.76. The Morgan fingerprint density at radius 1 is 1.10 bits per heavy atom. The van der Waals surface area contributed by atoms with Gasteiger partial charge in [0.05, 0.1) is 10.6 Å². The van der Waals surface area contributed by atoms with Crippen LogP contribution in [0, 0.1) is 22.9 Å². The van der Waals surface area contributed by atoms with E-state index >= 15 is 0 Å². The molecule has 1 saturated heterocycles. The van der Waals surface area contributed by atoms with E-state index in [-0.39, 0.29) is 17.0 Å². The molecule has 4 rings (SSSR count). The summed E-state index contributed by atoms with van der Waals surface area (Å²) in [7, 11) is 0. The van der Waals surface area contributed by atoms with Gasteiger partial charge in [0.2, 0.25) is 0 Å². The van der Waals surface area contributed by atoms with E-state index in [2.05, 4.69) is 5.43 Å². The quantitative estimate of drug-likeness (QED) is 0.307. The first-order valence-electron chi connectivity index (χ1n) is 8.81. The number of carbonyl (C=O) groups excluding carboxylic acids is 2. The van der Waals surface area contributed by atoms with E-state index in [4.69, 9.17) is 4.42 Å². The summed E-state index contributed by atoms with van der Waals surface area (Å²) < 4.78 is 18.8. The van der Waals surface area contributed by atoms with Crippen LogP contribution in [0.1, 0.15) is 11.3 Å². The Morgan fingerprint density at radius 3 is 2.53 bits per heavy atom. The number of nitro benzene ring substituents is 1. The molecule has 0 atom stereocenters. The molecule has 2 amide bonds. The predicted molar refractivity (Wildman–Crippen MR) is 106 cm³/mol. The average molecular weight is 407 g/mol. The third-order valence-corrected chi connectivity index (χ3v) is 4.59. The van der Waals surface area contributed by atoms with Gasteiger partial charge in [-0.05, 0) is 55.0 Å². The molecular formula is C21H14FN3O5. The van der Waals surface area contributed by atoms with E-state index in [1.807, 2.05) is 0 Å². The molecule has 1 fully saturated rings. The number of anilines is 1. The van der Waals surface area contributed by atoms with Crippen molar-refractivity contribution in [1.29, 1.82) is 0 Å². The van der Waals surface area contributed by atoms with Crippen molar-refractivity contribution in [2.24, 2.45) is 0 Å². The summed E-state index contributed by atoms with van der Waals surface area (Å²) in [6.45, 7) is 1.79. The number of non-ortho nitro benzene ring substituents is 1. The number of halogens is 1. The van der Waals surface area contributed by atoms with Crippen LogP contribution in [0.5, 0.6) is 0 Å². The number of nitrogens with zero attached hydrogens (tertiary/aromatic N) is 2. The summed E-state index contributed by atoms with van der Waals surface area (Å²) in [5.74, 6) is -1.11. The molecule has 1 N–H and O–H groups in total. The molecule has 1 aliphatic heterocycles. The van der Waals surface area contributed by atoms with Crippen LogP contribution in [0.15, 0.2) is 64.6 Å². The van der Waals surface area contributed by atoms with E-state index < -0.39 is 22.6 Å². The Kier molecular flexibility index (Phi) is 4.63. The molecule has 0 unspecified atom stereocenters. The Morgan fingerprint density at radius 2 is 1.83 bits per heavy atom. The SMILES string of the molecule is Cc1ccc([N+](=O)[O-])cc1-c1ccc(C=C2C(=O)NN(c3ccc(F)cc3)C2=O)o1. The van der Waals surface area contributed by atoms with Crippen LogP contribution in [0.4, 0.5) is 15.8 Å². The Balaban J connectivity index is 1.64. The molecule has 2 heterocycles. The van der Waals surface area contributed by atoms with Crippen molar-refractivity contribution < 1.29 is 23.3 Å². The lowest BCUT2D eigenvalue weighted by atomic mass is 10.1. The van der Waals surface area contributed by atoms with Crippen molar-refractivity contribution in [2.45, 2.75) is 6.92 Å². The number of nitrogens with one attached hydrogen (secondary N) is 1. The molecule has 9 heteroatoms. The largest absolute Gasteiger partial charge is 0.457 e. The zero-order chi connectivity index (χ0) is 21.4. The van der Waals surface area contributed by atoms with Crippen LogP contribution < -0.4 is 10.4 Å². The zero-order valence-corrected chi connectivity index (χ0v) is 15.6. The second-order valence-corrected chi connectivity index (χ2v) is 6.57. The molecule has 0 bridgehead atoms. The number of hydrogen-bond acceptors (Lipinski definition) is 5. The molecule has 1 aromatic heterocycles. The van der Waals surface area contributed by atoms with Gasteiger partial charge in [-0.2, -0.15) is 0 Å². The van der Waals surface area contributed by atoms with Crippen LogP contribution in [0.2, 0.25) is 0 Å². The number of rotatable bonds is 4. The molecule has 30 heavy (non-hydrogen) atoms. The van der Waals surface area contributed by atoms with E-state index in [1.54, 1.807) is 25.1 Å². The first-order valence-corrected chi connectivity index (χ1v) is 8.81. The second kappa shape index (κ2) is 7.28. The first kappa shape index (κ1) is 19.1. The highest BCUT2D eigenvalue weighted by atomic mass is 19.1. The molecule has 0 saturated carbocycles. The van der Waals surface area contributed by atoms with Gasteiger partial charge in [-0.25, -0.2) is 9.40 Å². The van der Waals surface area contributed by atoms with Gasteiger partial charge in [0, 0.05) is 17.7 Å². The van der Waals surface area contributed by atoms with Crippen molar-refractivity contribution in [2.75, 3.05) is 5.01 Å². The maximum atomic E-state index is 13.1. The number of furan rings is 1. The topological polar surface area (TPSA) is 106 Å². The molecule has 1 aliphatic rings. The molecule has 150 valence electrons. The number of hydrogen-bond donors (Lipinski definition) is 1. The van der Waals surface area contributed by atoms with E-state index in [0.29, 0.717) is 17.0 Å². The molecule has 2 aromatic carbocycles. The van der Waals surface area contributed by atoms with Crippen molar-refractivity contribution in [3.8, 4) is 11.3 Å². The first-order chi connectivity index (χ1) is 14.3. The van der Waals surface area contributed by atoms with Crippen molar-refractivity contribution in [3.05, 3.63) is 87.4 Å². The standard InChI is InChI=1S/C21H14FN3O5/c1-12-2-5-15(25(28)29)10-17(12)19-9-8-16(30-19)11-18-20(26)23-24(21(18)27)14-6-3-13(22)4-7-14/h2-11H,1H3,(H,23,26). The third kappa shape index (κ3) is 3.44. The molecule has 0 radical (unpaired) electrons. The maximum Gasteiger partial charge on any atom is 0.282 e. The van der Waals surface area contributed by atoms with Gasteiger partial charge >= 0.3 is 0 Å². The van der Waals surface area contributed by atoms with Gasteiger partial charge in [-0.15, -0.1) is 0 Å². The summed E-state index contributed by atoms with van der Waals surface area (Å²) in [5, 5.41) is 12.0. The molecule has 3 aromatic rings. The van der Waals surface area contributed by atoms with E-state index in [9.17, 15) is 24.1 Å². The van der Waals surface area contributed by atoms with E-state index in [1.165, 1.54) is 42.5 Å². The van der Waals surface area contributed by atoms with Gasteiger partial charge in [0.25, 0.3) is 17.5 Å². The van der Waals surface area contributed by atoms with Gasteiger partial charge in [0.1, 0.15) is 22.9 Å². The summed E-state index contributed by atoms with van der Waals surface area (Å²) in [6.07, 6.45) is 1.29. The number of hydrazine groups is 1. The minimum atomic E-state index is -0.631. The fourth-order valence-electron chi connectivity index (χ4n) is 3.04. The van der Waals surface area contributed by atoms with Gasteiger partial charge < -0.3 is 4.42 Å². The lowest BCUT2D eigenvalue weighted by Gasteiger charge is -2.14. The number of aryl methyl sites for hydroxylation is 1. The Hall–Kier alpha value is -4.27. The minimum absolute atomic E-state index is 0.0767. The molecule has 0 aliphatic carbocycles. The summed E-state index contributed by atoms with van der Waals surface area (Å²) >= 11 is 0. The number of carbonyl (C=O) groups is 2. The van der Waals surface area contributed by atoms with Crippen LogP contribution in [0.3, 0.4) is 0 Å². The average Bonchev–Trinajstić information content (AvgIpc) is 3.29. The van der Waals surface area contributed by atoms with Crippen LogP contribution in [-0.2, 0) is 9.59 Å². The number of nitro groups is 1. The molecular weight excluding hydrogens is 393 g/mol. The lowest BCUT2D eigenvalue weighted by Crippen LogP contribution is -2.35. The van der Waals surface area contributed by atoms with Crippen LogP contribution >= 0.6 is 0 Å². The van der Waals surface area contributed by atoms with Crippen molar-refractivity contribution in [1.82, 2.24) is 5.43 Å². The highest BCUT2D eigenvalue weighted by molar-refractivity contribution is 6.31. The van der Waals surface area contributed by atoms with Crippen LogP contribution in [-0.4, -0.2) is 16.7 Å². The number of amides is 2. The fourth-order valence-corrected chi connectivity index (χ4v) is 3.04. The normalized spacial score (nSPS) is 15.0. The van der Waals surface area contributed by atoms with Gasteiger partial charge in [-0.3, -0.25) is 25.1 Å². The molecule has 0 spiro atoms. The zero-order valence-electron chi connectivity index (χ0n) is 15.6. The Labute approximate surface area is 169 Å². The van der Waals surface area contributed by atoms with E-state index in [0.717, 1.165) is 10.6 Å². The third-order valence-electron chi connectivity index (χ3n) is 4.59. The monoisotopic (exact) mass is 407 g/mol. The Bertz CT molecular complexity index is 1210. The summed E-state index contributed by atoms with van der Waals surface area (Å²) in [4.78, 5) is 35.4. The smallest absolute Gasteiger partial charge is 0.282 e. The second-order valence-electron chi connectivity index (χ2n) is 6.57. The highest BCUT2D eigenvalue weighted by Crippen LogP contribution is 2.30. The minimum Gasteiger partial charge on any atom is -0.457 e. The molecule has 8 nitrogen and oxygen atoms in total. The summed E-state index contributed by atoms with van der Waals surface area (Å²) in [5.41, 5.74) is 3.79. The fraction of sp³-hybridized carbons (Fsp3) is 0.0476. The maximum absolute atomic E-state index is 13.1. The van der Waals surface area contributed by atoms with Gasteiger partial charge in [-0.1, -0.05) is 6.07 Å².